The lowest BCUT2D eigenvalue weighted by molar-refractivity contribution is 0.0649. The first-order valence-corrected chi connectivity index (χ1v) is 7.10. The van der Waals surface area contributed by atoms with Crippen molar-refractivity contribution in [3.8, 4) is 0 Å². The highest BCUT2D eigenvalue weighted by molar-refractivity contribution is 6.06. The molecule has 0 fully saturated rings. The average Bonchev–Trinajstić information content (AvgIpc) is 2.58. The first-order valence-electron chi connectivity index (χ1n) is 7.10. The Morgan fingerprint density at radius 2 is 1.04 bits per heavy atom. The third-order valence-electron chi connectivity index (χ3n) is 3.51. The van der Waals surface area contributed by atoms with Crippen molar-refractivity contribution in [2.24, 2.45) is 0 Å². The van der Waals surface area contributed by atoms with Crippen LogP contribution >= 0.6 is 0 Å². The number of hydrogen-bond donors (Lipinski definition) is 4. The van der Waals surface area contributed by atoms with Gasteiger partial charge in [-0.15, -0.1) is 0 Å². The molecule has 2 aromatic rings. The van der Waals surface area contributed by atoms with Gasteiger partial charge in [0.05, 0.1) is 22.3 Å². The Labute approximate surface area is 146 Å². The molecule has 2 aromatic carbocycles. The standard InChI is InChI=1S/C18H12O8/c19-15(20)11-4-2-1-3-9(11)5-6-10-7-13(17(23)24)14(18(25)26)8-12(10)16(21)22/h1-8H,(H,19,20)(H,21,22)(H,23,24)(H,25,26)/b6-5-. The van der Waals surface area contributed by atoms with E-state index in [1.807, 2.05) is 0 Å². The van der Waals surface area contributed by atoms with Gasteiger partial charge in [-0.3, -0.25) is 0 Å². The van der Waals surface area contributed by atoms with Crippen LogP contribution in [0.4, 0.5) is 0 Å². The largest absolute Gasteiger partial charge is 0.478 e. The molecule has 0 aliphatic heterocycles. The van der Waals surface area contributed by atoms with Gasteiger partial charge in [0, 0.05) is 0 Å². The Morgan fingerprint density at radius 1 is 0.577 bits per heavy atom. The second kappa shape index (κ2) is 7.31. The third-order valence-corrected chi connectivity index (χ3v) is 3.51. The van der Waals surface area contributed by atoms with Gasteiger partial charge in [-0.2, -0.15) is 0 Å². The zero-order chi connectivity index (χ0) is 19.4. The molecule has 0 aromatic heterocycles. The van der Waals surface area contributed by atoms with Crippen LogP contribution in [0.1, 0.15) is 52.6 Å². The lowest BCUT2D eigenvalue weighted by atomic mass is 9.97. The van der Waals surface area contributed by atoms with E-state index >= 15 is 0 Å². The number of aromatic carboxylic acids is 4. The highest BCUT2D eigenvalue weighted by Crippen LogP contribution is 2.21. The number of carboxylic acids is 4. The van der Waals surface area contributed by atoms with Crippen molar-refractivity contribution in [2.45, 2.75) is 0 Å². The molecule has 0 atom stereocenters. The van der Waals surface area contributed by atoms with Crippen LogP contribution < -0.4 is 0 Å². The van der Waals surface area contributed by atoms with E-state index in [-0.39, 0.29) is 16.7 Å². The van der Waals surface area contributed by atoms with Crippen LogP contribution in [0.2, 0.25) is 0 Å². The van der Waals surface area contributed by atoms with Crippen LogP contribution in [0, 0.1) is 0 Å². The molecule has 8 nitrogen and oxygen atoms in total. The SMILES string of the molecule is O=C(O)c1ccccc1/C=C\c1cc(C(=O)O)c(C(=O)O)cc1C(=O)O. The topological polar surface area (TPSA) is 149 Å². The van der Waals surface area contributed by atoms with Gasteiger partial charge in [0.2, 0.25) is 0 Å². The maximum atomic E-state index is 11.4. The number of carboxylic acid groups (broad SMARTS) is 4. The molecule has 0 aliphatic rings. The van der Waals surface area contributed by atoms with Gasteiger partial charge in [0.25, 0.3) is 0 Å². The summed E-state index contributed by atoms with van der Waals surface area (Å²) in [6, 6.07) is 7.64. The highest BCUT2D eigenvalue weighted by atomic mass is 16.4. The fourth-order valence-corrected chi connectivity index (χ4v) is 2.31. The van der Waals surface area contributed by atoms with E-state index in [1.165, 1.54) is 30.4 Å². The summed E-state index contributed by atoms with van der Waals surface area (Å²) in [6.07, 6.45) is 2.54. The molecular weight excluding hydrogens is 344 g/mol. The normalized spacial score (nSPS) is 10.6. The molecule has 2 rings (SSSR count). The molecule has 0 amide bonds. The van der Waals surface area contributed by atoms with Gasteiger partial charge < -0.3 is 20.4 Å². The molecule has 0 saturated heterocycles. The summed E-state index contributed by atoms with van der Waals surface area (Å²) in [6.45, 7) is 0. The van der Waals surface area contributed by atoms with Crippen molar-refractivity contribution in [2.75, 3.05) is 0 Å². The van der Waals surface area contributed by atoms with Crippen molar-refractivity contribution in [3.05, 3.63) is 69.8 Å². The van der Waals surface area contributed by atoms with Gasteiger partial charge in [0.1, 0.15) is 0 Å². The summed E-state index contributed by atoms with van der Waals surface area (Å²) in [5.74, 6) is -5.73. The lowest BCUT2D eigenvalue weighted by Gasteiger charge is -2.08. The number of carbonyl (C=O) groups is 4. The smallest absolute Gasteiger partial charge is 0.336 e. The van der Waals surface area contributed by atoms with E-state index in [0.717, 1.165) is 12.1 Å². The van der Waals surface area contributed by atoms with E-state index in [0.29, 0.717) is 0 Å². The van der Waals surface area contributed by atoms with Gasteiger partial charge in [-0.05, 0) is 29.3 Å². The summed E-state index contributed by atoms with van der Waals surface area (Å²) in [5.41, 5.74) is -1.47. The van der Waals surface area contributed by atoms with Crippen LogP contribution in [0.25, 0.3) is 12.2 Å². The molecule has 0 radical (unpaired) electrons. The Bertz CT molecular complexity index is 956. The highest BCUT2D eigenvalue weighted by Gasteiger charge is 2.21. The molecule has 132 valence electrons. The van der Waals surface area contributed by atoms with Gasteiger partial charge >= 0.3 is 23.9 Å². The molecule has 0 aliphatic carbocycles. The molecule has 8 heteroatoms. The average molecular weight is 356 g/mol. The zero-order valence-corrected chi connectivity index (χ0v) is 13.0. The van der Waals surface area contributed by atoms with Crippen LogP contribution in [0.15, 0.2) is 36.4 Å². The predicted molar refractivity (Wildman–Crippen MR) is 89.6 cm³/mol. The van der Waals surface area contributed by atoms with Crippen LogP contribution in [-0.4, -0.2) is 44.3 Å². The summed E-state index contributed by atoms with van der Waals surface area (Å²) >= 11 is 0. The Balaban J connectivity index is 2.64. The minimum absolute atomic E-state index is 0.0266. The monoisotopic (exact) mass is 356 g/mol. The first kappa shape index (κ1) is 18.4. The fraction of sp³-hybridized carbons (Fsp3) is 0. The lowest BCUT2D eigenvalue weighted by Crippen LogP contribution is -2.12. The molecular formula is C18H12O8. The van der Waals surface area contributed by atoms with Crippen LogP contribution in [-0.2, 0) is 0 Å². The summed E-state index contributed by atoms with van der Waals surface area (Å²) < 4.78 is 0. The van der Waals surface area contributed by atoms with Crippen molar-refractivity contribution < 1.29 is 39.6 Å². The van der Waals surface area contributed by atoms with Crippen molar-refractivity contribution in [1.82, 2.24) is 0 Å². The molecule has 0 bridgehead atoms. The second-order valence-corrected chi connectivity index (χ2v) is 5.13. The van der Waals surface area contributed by atoms with E-state index in [9.17, 15) is 24.3 Å². The molecule has 0 heterocycles. The Morgan fingerprint density at radius 3 is 1.58 bits per heavy atom. The van der Waals surface area contributed by atoms with Crippen molar-refractivity contribution in [1.29, 1.82) is 0 Å². The minimum atomic E-state index is -1.57. The Kier molecular flexibility index (Phi) is 5.17. The Hall–Kier alpha value is -3.94. The summed E-state index contributed by atoms with van der Waals surface area (Å²) in [4.78, 5) is 45.0. The van der Waals surface area contributed by atoms with Crippen LogP contribution in [0.5, 0.6) is 0 Å². The fourth-order valence-electron chi connectivity index (χ4n) is 2.31. The first-order chi connectivity index (χ1) is 12.2. The number of rotatable bonds is 6. The van der Waals surface area contributed by atoms with Gasteiger partial charge in [-0.1, -0.05) is 30.4 Å². The van der Waals surface area contributed by atoms with Crippen molar-refractivity contribution >= 4 is 36.0 Å². The van der Waals surface area contributed by atoms with Crippen molar-refractivity contribution in [3.63, 3.8) is 0 Å². The molecule has 0 spiro atoms. The number of hydrogen-bond acceptors (Lipinski definition) is 4. The maximum absolute atomic E-state index is 11.4. The van der Waals surface area contributed by atoms with Gasteiger partial charge in [0.15, 0.2) is 0 Å². The maximum Gasteiger partial charge on any atom is 0.336 e. The second-order valence-electron chi connectivity index (χ2n) is 5.13. The van der Waals surface area contributed by atoms with E-state index in [4.69, 9.17) is 15.3 Å². The molecule has 0 saturated carbocycles. The minimum Gasteiger partial charge on any atom is -0.478 e. The van der Waals surface area contributed by atoms with E-state index < -0.39 is 40.6 Å². The molecule has 26 heavy (non-hydrogen) atoms. The van der Waals surface area contributed by atoms with E-state index in [1.54, 1.807) is 6.07 Å². The third kappa shape index (κ3) is 3.75. The van der Waals surface area contributed by atoms with Gasteiger partial charge in [-0.25, -0.2) is 19.2 Å². The predicted octanol–water partition coefficient (Wildman–Crippen LogP) is 2.65. The molecule has 4 N–H and O–H groups in total. The summed E-state index contributed by atoms with van der Waals surface area (Å²) in [5, 5.41) is 36.7. The zero-order valence-electron chi connectivity index (χ0n) is 13.0. The molecule has 0 unspecified atom stereocenters. The summed E-state index contributed by atoms with van der Waals surface area (Å²) in [7, 11) is 0. The quantitative estimate of drug-likeness (QED) is 0.577. The number of benzene rings is 2. The van der Waals surface area contributed by atoms with E-state index in [2.05, 4.69) is 0 Å². The van der Waals surface area contributed by atoms with Crippen LogP contribution in [0.3, 0.4) is 0 Å².